The third-order valence-corrected chi connectivity index (χ3v) is 1.10. The molecule has 0 aliphatic rings. The Morgan fingerprint density at radius 2 is 1.55 bits per heavy atom. The quantitative estimate of drug-likeness (QED) is 0.524. The van der Waals surface area contributed by atoms with Crippen LogP contribution in [0.4, 0.5) is 0 Å². The van der Waals surface area contributed by atoms with Crippen molar-refractivity contribution >= 4 is 42.1 Å². The molecule has 11 heavy (non-hydrogen) atoms. The van der Waals surface area contributed by atoms with Gasteiger partial charge >= 0.3 is 42.1 Å². The van der Waals surface area contributed by atoms with Gasteiger partial charge in [-0.1, -0.05) is 46.0 Å². The number of halogens is 3. The first-order valence-electron chi connectivity index (χ1n) is 3.86. The van der Waals surface area contributed by atoms with Crippen LogP contribution in [0.25, 0.3) is 0 Å². The Kier molecular flexibility index (Phi) is 19.2. The fourth-order valence-electron chi connectivity index (χ4n) is 0.604. The molecule has 0 aromatic carbocycles. The normalized spacial score (nSPS) is 8.45. The fourth-order valence-corrected chi connectivity index (χ4v) is 0.604. The van der Waals surface area contributed by atoms with Crippen LogP contribution in [0.1, 0.15) is 39.0 Å². The second kappa shape index (κ2) is 14.1. The zero-order chi connectivity index (χ0) is 9.11. The van der Waals surface area contributed by atoms with E-state index in [0.29, 0.717) is 0 Å². The van der Waals surface area contributed by atoms with Gasteiger partial charge in [0, 0.05) is 0 Å². The number of unbranched alkanes of at least 4 members (excludes halogenated alkanes) is 4. The average Bonchev–Trinajstić information content (AvgIpc) is 1.88. The topological polar surface area (TPSA) is 0 Å². The second-order valence-corrected chi connectivity index (χ2v) is 13.5. The SMILES string of the molecule is [CH2]CCCCCC.[Cl][Ga]([Cl])[Cl]. The van der Waals surface area contributed by atoms with Crippen LogP contribution in [0.2, 0.25) is 0 Å². The van der Waals surface area contributed by atoms with Crippen molar-refractivity contribution in [3.8, 4) is 0 Å². The van der Waals surface area contributed by atoms with Crippen LogP contribution in [0, 0.1) is 6.92 Å². The molecule has 4 heteroatoms. The molecule has 0 atom stereocenters. The van der Waals surface area contributed by atoms with Crippen molar-refractivity contribution in [2.75, 3.05) is 0 Å². The van der Waals surface area contributed by atoms with Crippen LogP contribution in [-0.4, -0.2) is 13.2 Å². The van der Waals surface area contributed by atoms with E-state index in [1.165, 1.54) is 25.7 Å². The van der Waals surface area contributed by atoms with Crippen molar-refractivity contribution in [3.05, 3.63) is 6.92 Å². The monoisotopic (exact) mass is 273 g/mol. The molecule has 0 aliphatic heterocycles. The van der Waals surface area contributed by atoms with E-state index < -0.39 is 13.2 Å². The van der Waals surface area contributed by atoms with E-state index in [1.54, 1.807) is 0 Å². The summed E-state index contributed by atoms with van der Waals surface area (Å²) in [5.41, 5.74) is 0. The van der Waals surface area contributed by atoms with Crippen molar-refractivity contribution in [3.63, 3.8) is 0 Å². The minimum atomic E-state index is -2.06. The summed E-state index contributed by atoms with van der Waals surface area (Å²) in [4.78, 5) is 0. The fraction of sp³-hybridized carbons (Fsp3) is 0.857. The first-order valence-corrected chi connectivity index (χ1v) is 13.4. The molecule has 0 amide bonds. The first kappa shape index (κ1) is 15.0. The maximum absolute atomic E-state index is 4.99. The molecular weight excluding hydrogens is 260 g/mol. The van der Waals surface area contributed by atoms with E-state index in [0.717, 1.165) is 6.42 Å². The second-order valence-electron chi connectivity index (χ2n) is 2.16. The maximum atomic E-state index is 4.99. The summed E-state index contributed by atoms with van der Waals surface area (Å²) in [6, 6.07) is 0. The molecule has 0 spiro atoms. The molecule has 0 heterocycles. The van der Waals surface area contributed by atoms with E-state index in [-0.39, 0.29) is 0 Å². The Morgan fingerprint density at radius 1 is 1.09 bits per heavy atom. The summed E-state index contributed by atoms with van der Waals surface area (Å²) in [5.74, 6) is 0. The molecule has 67 valence electrons. The molecule has 0 aliphatic carbocycles. The molecule has 1 radical (unpaired) electrons. The van der Waals surface area contributed by atoms with Gasteiger partial charge in [-0.15, -0.1) is 0 Å². The van der Waals surface area contributed by atoms with E-state index in [4.69, 9.17) is 28.9 Å². The predicted octanol–water partition coefficient (Wildman–Crippen LogP) is 4.48. The van der Waals surface area contributed by atoms with Gasteiger partial charge < -0.3 is 0 Å². The molecule has 0 N–H and O–H groups in total. The molecule has 0 aromatic heterocycles. The van der Waals surface area contributed by atoms with E-state index in [2.05, 4.69) is 13.8 Å². The molecular formula is C7H15Cl3Ga. The van der Waals surface area contributed by atoms with Gasteiger partial charge in [0.2, 0.25) is 0 Å². The third-order valence-electron chi connectivity index (χ3n) is 1.10. The van der Waals surface area contributed by atoms with Gasteiger partial charge in [-0.05, 0) is 0 Å². The van der Waals surface area contributed by atoms with Crippen molar-refractivity contribution in [1.29, 1.82) is 0 Å². The molecule has 0 bridgehead atoms. The van der Waals surface area contributed by atoms with Gasteiger partial charge in [-0.2, -0.15) is 0 Å². The van der Waals surface area contributed by atoms with Crippen LogP contribution in [0.15, 0.2) is 0 Å². The Hall–Kier alpha value is 1.51. The average molecular weight is 275 g/mol. The summed E-state index contributed by atoms with van der Waals surface area (Å²) in [7, 11) is 15.0. The standard InChI is InChI=1S/C7H15.3ClH.Ga/c1-3-5-7-6-4-2;;;;/h1,3-7H2,2H3;3*1H;/q;;;;+3/p-3. The van der Waals surface area contributed by atoms with Gasteiger partial charge in [0.05, 0.1) is 0 Å². The van der Waals surface area contributed by atoms with Crippen molar-refractivity contribution in [1.82, 2.24) is 0 Å². The third kappa shape index (κ3) is 34.3. The van der Waals surface area contributed by atoms with Gasteiger partial charge in [0.1, 0.15) is 0 Å². The van der Waals surface area contributed by atoms with Crippen molar-refractivity contribution in [2.24, 2.45) is 0 Å². The van der Waals surface area contributed by atoms with Crippen LogP contribution in [0.5, 0.6) is 0 Å². The molecule has 0 fully saturated rings. The zero-order valence-corrected chi connectivity index (χ0v) is 11.6. The van der Waals surface area contributed by atoms with Crippen LogP contribution in [0.3, 0.4) is 0 Å². The van der Waals surface area contributed by atoms with Gasteiger partial charge in [0.15, 0.2) is 0 Å². The summed E-state index contributed by atoms with van der Waals surface area (Å²) in [5, 5.41) is 0. The van der Waals surface area contributed by atoms with Crippen molar-refractivity contribution in [2.45, 2.75) is 39.0 Å². The summed E-state index contributed by atoms with van der Waals surface area (Å²) in [6.07, 6.45) is 6.52. The van der Waals surface area contributed by atoms with E-state index in [9.17, 15) is 0 Å². The van der Waals surface area contributed by atoms with E-state index in [1.807, 2.05) is 0 Å². The van der Waals surface area contributed by atoms with Gasteiger partial charge in [0.25, 0.3) is 0 Å². The van der Waals surface area contributed by atoms with Crippen LogP contribution < -0.4 is 0 Å². The molecule has 0 saturated heterocycles. The van der Waals surface area contributed by atoms with Crippen LogP contribution in [-0.2, 0) is 0 Å². The number of hydrogen-bond donors (Lipinski definition) is 0. The van der Waals surface area contributed by atoms with Gasteiger partial charge in [-0.3, -0.25) is 0 Å². The Bertz CT molecular complexity index is 52.9. The summed E-state index contributed by atoms with van der Waals surface area (Å²) >= 11 is -2.06. The predicted molar refractivity (Wildman–Crippen MR) is 57.4 cm³/mol. The molecule has 0 saturated carbocycles. The van der Waals surface area contributed by atoms with Crippen molar-refractivity contribution < 1.29 is 0 Å². The number of hydrogen-bond acceptors (Lipinski definition) is 0. The van der Waals surface area contributed by atoms with Crippen LogP contribution >= 0.6 is 28.9 Å². The Balaban J connectivity index is 0. The molecule has 0 rings (SSSR count). The number of rotatable bonds is 4. The summed E-state index contributed by atoms with van der Waals surface area (Å²) in [6.45, 7) is 5.98. The minimum absolute atomic E-state index is 1.11. The van der Waals surface area contributed by atoms with E-state index >= 15 is 0 Å². The molecule has 0 nitrogen and oxygen atoms in total. The zero-order valence-electron chi connectivity index (χ0n) is 6.95. The Morgan fingerprint density at radius 3 is 1.82 bits per heavy atom. The molecule has 0 aromatic rings. The Labute approximate surface area is 87.7 Å². The first-order chi connectivity index (χ1) is 5.15. The van der Waals surface area contributed by atoms with Gasteiger partial charge in [-0.25, -0.2) is 0 Å². The molecule has 0 unspecified atom stereocenters. The summed E-state index contributed by atoms with van der Waals surface area (Å²) < 4.78 is 0.